The summed E-state index contributed by atoms with van der Waals surface area (Å²) in [6.07, 6.45) is 1.33. The molecule has 0 aliphatic carbocycles. The molecule has 0 saturated carbocycles. The van der Waals surface area contributed by atoms with E-state index in [1.807, 2.05) is 18.2 Å². The Morgan fingerprint density at radius 3 is 2.12 bits per heavy atom. The van der Waals surface area contributed by atoms with Crippen LogP contribution in [0.2, 0.25) is 0 Å². The number of furan rings is 1. The van der Waals surface area contributed by atoms with E-state index in [2.05, 4.69) is 38.3 Å². The van der Waals surface area contributed by atoms with Crippen molar-refractivity contribution in [3.63, 3.8) is 0 Å². The van der Waals surface area contributed by atoms with Crippen molar-refractivity contribution in [3.05, 3.63) is 53.5 Å². The van der Waals surface area contributed by atoms with E-state index in [1.165, 1.54) is 0 Å². The van der Waals surface area contributed by atoms with Gasteiger partial charge in [0, 0.05) is 5.69 Å². The highest BCUT2D eigenvalue weighted by atomic mass is 16.3. The van der Waals surface area contributed by atoms with Crippen molar-refractivity contribution in [2.75, 3.05) is 5.32 Å². The summed E-state index contributed by atoms with van der Waals surface area (Å²) in [6, 6.07) is 9.57. The minimum absolute atomic E-state index is 0.218. The summed E-state index contributed by atoms with van der Waals surface area (Å²) >= 11 is 0. The number of para-hydroxylation sites is 1. The molecule has 2 aromatic rings. The largest absolute Gasteiger partial charge is 0.467 e. The second-order valence-electron chi connectivity index (χ2n) is 6.70. The number of rotatable bonds is 7. The summed E-state index contributed by atoms with van der Waals surface area (Å²) in [6.45, 7) is 8.63. The zero-order chi connectivity index (χ0) is 18.4. The Bertz CT molecular complexity index is 692. The van der Waals surface area contributed by atoms with Crippen LogP contribution < -0.4 is 10.6 Å². The van der Waals surface area contributed by atoms with Gasteiger partial charge in [0.25, 0.3) is 0 Å². The standard InChI is InChI=1S/C20H26N2O3/c1-13(2)16-8-5-9-17(14(3)4)20(16)22-19(24)11-18(23)21-12-15-7-6-10-25-15/h5-10,13-14H,11-12H2,1-4H3,(H,21,23)(H,22,24). The van der Waals surface area contributed by atoms with E-state index >= 15 is 0 Å². The molecule has 1 aromatic carbocycles. The molecule has 5 heteroatoms. The SMILES string of the molecule is CC(C)c1cccc(C(C)C)c1NC(=O)CC(=O)NCc1ccco1. The van der Waals surface area contributed by atoms with Crippen molar-refractivity contribution in [1.29, 1.82) is 0 Å². The van der Waals surface area contributed by atoms with Crippen LogP contribution in [-0.2, 0) is 16.1 Å². The monoisotopic (exact) mass is 342 g/mol. The summed E-state index contributed by atoms with van der Waals surface area (Å²) in [5.74, 6) is 0.568. The Morgan fingerprint density at radius 2 is 1.60 bits per heavy atom. The lowest BCUT2D eigenvalue weighted by Gasteiger charge is -2.20. The highest BCUT2D eigenvalue weighted by Gasteiger charge is 2.17. The van der Waals surface area contributed by atoms with Gasteiger partial charge in [-0.15, -0.1) is 0 Å². The first-order valence-corrected chi connectivity index (χ1v) is 8.60. The van der Waals surface area contributed by atoms with E-state index < -0.39 is 0 Å². The minimum Gasteiger partial charge on any atom is -0.467 e. The third-order valence-corrected chi connectivity index (χ3v) is 4.00. The van der Waals surface area contributed by atoms with E-state index in [4.69, 9.17) is 4.42 Å². The van der Waals surface area contributed by atoms with E-state index in [9.17, 15) is 9.59 Å². The number of benzene rings is 1. The van der Waals surface area contributed by atoms with Crippen LogP contribution >= 0.6 is 0 Å². The Balaban J connectivity index is 2.03. The van der Waals surface area contributed by atoms with Crippen molar-refractivity contribution in [3.8, 4) is 0 Å². The van der Waals surface area contributed by atoms with Gasteiger partial charge in [0.05, 0.1) is 12.8 Å². The lowest BCUT2D eigenvalue weighted by molar-refractivity contribution is -0.127. The fourth-order valence-corrected chi connectivity index (χ4v) is 2.69. The van der Waals surface area contributed by atoms with Gasteiger partial charge >= 0.3 is 0 Å². The molecule has 0 radical (unpaired) electrons. The Kier molecular flexibility index (Phi) is 6.39. The van der Waals surface area contributed by atoms with Crippen molar-refractivity contribution in [1.82, 2.24) is 5.32 Å². The number of anilines is 1. The van der Waals surface area contributed by atoms with Crippen LogP contribution in [0.5, 0.6) is 0 Å². The molecular formula is C20H26N2O3. The molecule has 0 atom stereocenters. The summed E-state index contributed by atoms with van der Waals surface area (Å²) in [5, 5.41) is 5.63. The number of amides is 2. The topological polar surface area (TPSA) is 71.3 Å². The Labute approximate surface area is 148 Å². The number of carbonyl (C=O) groups is 2. The number of nitrogens with one attached hydrogen (secondary N) is 2. The maximum atomic E-state index is 12.3. The van der Waals surface area contributed by atoms with Crippen LogP contribution in [0.15, 0.2) is 41.0 Å². The predicted molar refractivity (Wildman–Crippen MR) is 98.4 cm³/mol. The molecule has 2 amide bonds. The molecule has 1 aromatic heterocycles. The van der Waals surface area contributed by atoms with Crippen LogP contribution in [0.25, 0.3) is 0 Å². The van der Waals surface area contributed by atoms with Crippen molar-refractivity contribution in [2.24, 2.45) is 0 Å². The molecule has 1 heterocycles. The molecule has 0 fully saturated rings. The summed E-state index contributed by atoms with van der Waals surface area (Å²) in [4.78, 5) is 24.3. The van der Waals surface area contributed by atoms with Crippen LogP contribution in [0.3, 0.4) is 0 Å². The quantitative estimate of drug-likeness (QED) is 0.742. The van der Waals surface area contributed by atoms with Gasteiger partial charge in [0.2, 0.25) is 11.8 Å². The summed E-state index contributed by atoms with van der Waals surface area (Å²) < 4.78 is 5.15. The summed E-state index contributed by atoms with van der Waals surface area (Å²) in [7, 11) is 0. The first-order valence-electron chi connectivity index (χ1n) is 8.60. The summed E-state index contributed by atoms with van der Waals surface area (Å²) in [5.41, 5.74) is 2.99. The van der Waals surface area contributed by atoms with Crippen molar-refractivity contribution >= 4 is 17.5 Å². The van der Waals surface area contributed by atoms with E-state index in [0.717, 1.165) is 16.8 Å². The maximum absolute atomic E-state index is 12.3. The maximum Gasteiger partial charge on any atom is 0.233 e. The number of hydrogen-bond donors (Lipinski definition) is 2. The molecule has 2 N–H and O–H groups in total. The lowest BCUT2D eigenvalue weighted by Crippen LogP contribution is -2.28. The third kappa shape index (κ3) is 5.21. The van der Waals surface area contributed by atoms with Gasteiger partial charge in [-0.2, -0.15) is 0 Å². The van der Waals surface area contributed by atoms with Crippen LogP contribution in [0, 0.1) is 0 Å². The highest BCUT2D eigenvalue weighted by Crippen LogP contribution is 2.32. The Morgan fingerprint density at radius 1 is 0.960 bits per heavy atom. The fraction of sp³-hybridized carbons (Fsp3) is 0.400. The lowest BCUT2D eigenvalue weighted by atomic mass is 9.92. The smallest absolute Gasteiger partial charge is 0.233 e. The number of hydrogen-bond acceptors (Lipinski definition) is 3. The normalized spacial score (nSPS) is 11.0. The highest BCUT2D eigenvalue weighted by molar-refractivity contribution is 6.04. The van der Waals surface area contributed by atoms with Gasteiger partial charge in [-0.25, -0.2) is 0 Å². The van der Waals surface area contributed by atoms with Gasteiger partial charge < -0.3 is 15.1 Å². The molecule has 25 heavy (non-hydrogen) atoms. The zero-order valence-corrected chi connectivity index (χ0v) is 15.3. The van der Waals surface area contributed by atoms with E-state index in [1.54, 1.807) is 18.4 Å². The molecule has 0 aliphatic heterocycles. The van der Waals surface area contributed by atoms with Gasteiger partial charge in [-0.05, 0) is 35.1 Å². The average molecular weight is 342 g/mol. The van der Waals surface area contributed by atoms with Crippen LogP contribution in [0.1, 0.15) is 62.8 Å². The van der Waals surface area contributed by atoms with Crippen molar-refractivity contribution in [2.45, 2.75) is 52.5 Å². The van der Waals surface area contributed by atoms with Gasteiger partial charge in [-0.1, -0.05) is 45.9 Å². The molecule has 2 rings (SSSR count). The predicted octanol–water partition coefficient (Wildman–Crippen LogP) is 4.17. The first-order chi connectivity index (χ1) is 11.9. The number of carbonyl (C=O) groups excluding carboxylic acids is 2. The van der Waals surface area contributed by atoms with Gasteiger partial charge in [-0.3, -0.25) is 9.59 Å². The third-order valence-electron chi connectivity index (χ3n) is 4.00. The molecule has 0 aliphatic rings. The molecule has 0 saturated heterocycles. The van der Waals surface area contributed by atoms with E-state index in [0.29, 0.717) is 5.76 Å². The van der Waals surface area contributed by atoms with Crippen LogP contribution in [0.4, 0.5) is 5.69 Å². The molecule has 134 valence electrons. The van der Waals surface area contributed by atoms with Crippen LogP contribution in [-0.4, -0.2) is 11.8 Å². The second-order valence-corrected chi connectivity index (χ2v) is 6.70. The van der Waals surface area contributed by atoms with Gasteiger partial charge in [0.1, 0.15) is 12.2 Å². The first kappa shape index (κ1) is 18.8. The Hall–Kier alpha value is -2.56. The molecule has 0 bridgehead atoms. The zero-order valence-electron chi connectivity index (χ0n) is 15.3. The average Bonchev–Trinajstić information content (AvgIpc) is 3.06. The second kappa shape index (κ2) is 8.51. The molecule has 5 nitrogen and oxygen atoms in total. The fourth-order valence-electron chi connectivity index (χ4n) is 2.69. The minimum atomic E-state index is -0.331. The molecule has 0 unspecified atom stereocenters. The molecule has 0 spiro atoms. The van der Waals surface area contributed by atoms with Gasteiger partial charge in [0.15, 0.2) is 0 Å². The molecular weight excluding hydrogens is 316 g/mol. The van der Waals surface area contributed by atoms with E-state index in [-0.39, 0.29) is 36.6 Å². The van der Waals surface area contributed by atoms with Crippen molar-refractivity contribution < 1.29 is 14.0 Å².